The third kappa shape index (κ3) is 3.70. The standard InChI is InChI=1S/C15H16BrNO2/c1-15(2,3)17-14(18)13-9-8-12(19-13)10-4-6-11(16)7-5-10/h4-9H,1-3H3,(H,17,18). The van der Waals surface area contributed by atoms with Crippen LogP contribution >= 0.6 is 15.9 Å². The van der Waals surface area contributed by atoms with Crippen molar-refractivity contribution in [2.45, 2.75) is 26.3 Å². The molecule has 0 fully saturated rings. The molecule has 0 aliphatic heterocycles. The number of carbonyl (C=O) groups excluding carboxylic acids is 1. The summed E-state index contributed by atoms with van der Waals surface area (Å²) in [4.78, 5) is 11.9. The number of furan rings is 1. The molecule has 1 aromatic heterocycles. The predicted molar refractivity (Wildman–Crippen MR) is 79.1 cm³/mol. The molecule has 0 saturated carbocycles. The third-order valence-corrected chi connectivity index (χ3v) is 2.98. The van der Waals surface area contributed by atoms with Gasteiger partial charge in [-0.15, -0.1) is 0 Å². The Morgan fingerprint density at radius 3 is 2.32 bits per heavy atom. The second-order valence-corrected chi connectivity index (χ2v) is 6.29. The largest absolute Gasteiger partial charge is 0.451 e. The zero-order valence-electron chi connectivity index (χ0n) is 11.2. The van der Waals surface area contributed by atoms with Crippen molar-refractivity contribution >= 4 is 21.8 Å². The molecule has 19 heavy (non-hydrogen) atoms. The summed E-state index contributed by atoms with van der Waals surface area (Å²) in [5.41, 5.74) is 0.666. The van der Waals surface area contributed by atoms with Crippen LogP contribution in [0.25, 0.3) is 11.3 Å². The molecule has 0 saturated heterocycles. The summed E-state index contributed by atoms with van der Waals surface area (Å²) in [5.74, 6) is 0.815. The second-order valence-electron chi connectivity index (χ2n) is 5.37. The fourth-order valence-corrected chi connectivity index (χ4v) is 1.90. The van der Waals surface area contributed by atoms with Crippen LogP contribution in [-0.4, -0.2) is 11.4 Å². The van der Waals surface area contributed by atoms with Crippen molar-refractivity contribution in [1.82, 2.24) is 5.32 Å². The highest BCUT2D eigenvalue weighted by Gasteiger charge is 2.18. The van der Waals surface area contributed by atoms with Crippen LogP contribution in [0.1, 0.15) is 31.3 Å². The SMILES string of the molecule is CC(C)(C)NC(=O)c1ccc(-c2ccc(Br)cc2)o1. The first kappa shape index (κ1) is 13.9. The number of benzene rings is 1. The van der Waals surface area contributed by atoms with Gasteiger partial charge in [-0.3, -0.25) is 4.79 Å². The molecule has 4 heteroatoms. The molecular formula is C15H16BrNO2. The van der Waals surface area contributed by atoms with Crippen molar-refractivity contribution in [3.8, 4) is 11.3 Å². The highest BCUT2D eigenvalue weighted by molar-refractivity contribution is 9.10. The lowest BCUT2D eigenvalue weighted by Crippen LogP contribution is -2.40. The van der Waals surface area contributed by atoms with E-state index in [0.717, 1.165) is 10.0 Å². The molecule has 0 aliphatic rings. The first-order chi connectivity index (χ1) is 8.85. The number of hydrogen-bond donors (Lipinski definition) is 1. The Kier molecular flexibility index (Phi) is 3.80. The topological polar surface area (TPSA) is 42.2 Å². The lowest BCUT2D eigenvalue weighted by molar-refractivity contribution is 0.0892. The molecule has 2 rings (SSSR count). The van der Waals surface area contributed by atoms with E-state index in [1.165, 1.54) is 0 Å². The van der Waals surface area contributed by atoms with E-state index in [2.05, 4.69) is 21.2 Å². The number of hydrogen-bond acceptors (Lipinski definition) is 2. The van der Waals surface area contributed by atoms with E-state index in [1.807, 2.05) is 45.0 Å². The Bertz CT molecular complexity index is 579. The van der Waals surface area contributed by atoms with Gasteiger partial charge in [0.15, 0.2) is 5.76 Å². The quantitative estimate of drug-likeness (QED) is 0.899. The molecular weight excluding hydrogens is 306 g/mol. The fourth-order valence-electron chi connectivity index (χ4n) is 1.63. The summed E-state index contributed by atoms with van der Waals surface area (Å²) in [6, 6.07) is 11.3. The van der Waals surface area contributed by atoms with Crippen molar-refractivity contribution in [2.24, 2.45) is 0 Å². The molecule has 2 aromatic rings. The predicted octanol–water partition coefficient (Wildman–Crippen LogP) is 4.24. The molecule has 0 spiro atoms. The molecule has 0 bridgehead atoms. The molecule has 1 aromatic carbocycles. The maximum atomic E-state index is 11.9. The summed E-state index contributed by atoms with van der Waals surface area (Å²) in [6.07, 6.45) is 0. The van der Waals surface area contributed by atoms with E-state index in [4.69, 9.17) is 4.42 Å². The van der Waals surface area contributed by atoms with E-state index < -0.39 is 0 Å². The molecule has 0 atom stereocenters. The highest BCUT2D eigenvalue weighted by Crippen LogP contribution is 2.24. The van der Waals surface area contributed by atoms with Gasteiger partial charge < -0.3 is 9.73 Å². The number of carbonyl (C=O) groups is 1. The van der Waals surface area contributed by atoms with Gasteiger partial charge in [0.1, 0.15) is 5.76 Å². The fraction of sp³-hybridized carbons (Fsp3) is 0.267. The average molecular weight is 322 g/mol. The van der Waals surface area contributed by atoms with Crippen molar-refractivity contribution < 1.29 is 9.21 Å². The summed E-state index contributed by atoms with van der Waals surface area (Å²) in [7, 11) is 0. The Balaban J connectivity index is 2.19. The van der Waals surface area contributed by atoms with E-state index in [0.29, 0.717) is 11.5 Å². The van der Waals surface area contributed by atoms with Crippen LogP contribution in [0.15, 0.2) is 45.3 Å². The Morgan fingerprint density at radius 1 is 1.11 bits per heavy atom. The van der Waals surface area contributed by atoms with E-state index >= 15 is 0 Å². The van der Waals surface area contributed by atoms with E-state index in [-0.39, 0.29) is 11.4 Å². The van der Waals surface area contributed by atoms with Gasteiger partial charge in [0.25, 0.3) is 5.91 Å². The molecule has 0 aliphatic carbocycles. The molecule has 0 radical (unpaired) electrons. The van der Waals surface area contributed by atoms with Gasteiger partial charge in [-0.25, -0.2) is 0 Å². The summed E-state index contributed by atoms with van der Waals surface area (Å²) >= 11 is 3.38. The Labute approximate surface area is 121 Å². The Hall–Kier alpha value is -1.55. The van der Waals surface area contributed by atoms with Gasteiger partial charge in [-0.05, 0) is 45.0 Å². The number of halogens is 1. The lowest BCUT2D eigenvalue weighted by Gasteiger charge is -2.19. The van der Waals surface area contributed by atoms with Gasteiger partial charge in [0, 0.05) is 15.6 Å². The second kappa shape index (κ2) is 5.21. The van der Waals surface area contributed by atoms with Gasteiger partial charge in [-0.2, -0.15) is 0 Å². The van der Waals surface area contributed by atoms with Crippen molar-refractivity contribution in [3.05, 3.63) is 46.6 Å². The van der Waals surface area contributed by atoms with Crippen LogP contribution in [0.3, 0.4) is 0 Å². The lowest BCUT2D eigenvalue weighted by atomic mass is 10.1. The van der Waals surface area contributed by atoms with Gasteiger partial charge in [0.2, 0.25) is 0 Å². The molecule has 1 N–H and O–H groups in total. The first-order valence-corrected chi connectivity index (χ1v) is 6.83. The summed E-state index contributed by atoms with van der Waals surface area (Å²) in [5, 5.41) is 2.87. The van der Waals surface area contributed by atoms with Gasteiger partial charge in [-0.1, -0.05) is 28.1 Å². The normalized spacial score (nSPS) is 11.4. The number of rotatable bonds is 2. The summed E-state index contributed by atoms with van der Waals surface area (Å²) in [6.45, 7) is 5.80. The van der Waals surface area contributed by atoms with Crippen LogP contribution < -0.4 is 5.32 Å². The monoisotopic (exact) mass is 321 g/mol. The van der Waals surface area contributed by atoms with Crippen LogP contribution in [0.4, 0.5) is 0 Å². The van der Waals surface area contributed by atoms with Gasteiger partial charge in [0.05, 0.1) is 0 Å². The van der Waals surface area contributed by atoms with Gasteiger partial charge >= 0.3 is 0 Å². The van der Waals surface area contributed by atoms with Crippen molar-refractivity contribution in [3.63, 3.8) is 0 Å². The average Bonchev–Trinajstić information content (AvgIpc) is 2.77. The van der Waals surface area contributed by atoms with Crippen LogP contribution in [-0.2, 0) is 0 Å². The van der Waals surface area contributed by atoms with Crippen molar-refractivity contribution in [1.29, 1.82) is 0 Å². The van der Waals surface area contributed by atoms with E-state index in [1.54, 1.807) is 12.1 Å². The van der Waals surface area contributed by atoms with Crippen LogP contribution in [0.5, 0.6) is 0 Å². The molecule has 0 unspecified atom stereocenters. The molecule has 100 valence electrons. The van der Waals surface area contributed by atoms with E-state index in [9.17, 15) is 4.79 Å². The highest BCUT2D eigenvalue weighted by atomic mass is 79.9. The summed E-state index contributed by atoms with van der Waals surface area (Å²) < 4.78 is 6.60. The molecule has 1 amide bonds. The molecule has 1 heterocycles. The minimum absolute atomic E-state index is 0.198. The zero-order chi connectivity index (χ0) is 14.0. The minimum atomic E-state index is -0.276. The van der Waals surface area contributed by atoms with Crippen molar-refractivity contribution in [2.75, 3.05) is 0 Å². The minimum Gasteiger partial charge on any atom is -0.451 e. The zero-order valence-corrected chi connectivity index (χ0v) is 12.7. The smallest absolute Gasteiger partial charge is 0.287 e. The number of amides is 1. The van der Waals surface area contributed by atoms with Crippen LogP contribution in [0.2, 0.25) is 0 Å². The number of nitrogens with one attached hydrogen (secondary N) is 1. The maximum absolute atomic E-state index is 11.9. The molecule has 3 nitrogen and oxygen atoms in total. The Morgan fingerprint density at radius 2 is 1.74 bits per heavy atom. The maximum Gasteiger partial charge on any atom is 0.287 e. The first-order valence-electron chi connectivity index (χ1n) is 6.03. The van der Waals surface area contributed by atoms with Crippen LogP contribution in [0, 0.1) is 0 Å². The third-order valence-electron chi connectivity index (χ3n) is 2.45.